The molecule has 0 unspecified atom stereocenters. The summed E-state index contributed by atoms with van der Waals surface area (Å²) in [6, 6.07) is 19.0. The Balaban J connectivity index is 1.17. The summed E-state index contributed by atoms with van der Waals surface area (Å²) in [4.78, 5) is 45.1. The molecule has 0 aliphatic carbocycles. The van der Waals surface area contributed by atoms with Gasteiger partial charge in [0.05, 0.1) is 18.9 Å². The minimum atomic E-state index is -0.385. The fourth-order valence-corrected chi connectivity index (χ4v) is 4.83. The Labute approximate surface area is 226 Å². The average molecular weight is 527 g/mol. The molecule has 1 fully saturated rings. The van der Waals surface area contributed by atoms with Crippen molar-refractivity contribution in [1.82, 2.24) is 9.88 Å². The Bertz CT molecular complexity index is 1520. The van der Waals surface area contributed by atoms with Crippen molar-refractivity contribution in [2.45, 2.75) is 18.8 Å². The fraction of sp³-hybridized carbons (Fsp3) is 0.267. The quantitative estimate of drug-likeness (QED) is 0.354. The molecule has 1 aromatic heterocycles. The number of anilines is 2. The number of nitrogens with zero attached hydrogens (tertiary/aromatic N) is 3. The Morgan fingerprint density at radius 2 is 1.59 bits per heavy atom. The topological polar surface area (TPSA) is 105 Å². The number of ether oxygens (including phenoxy) is 1. The molecular weight excluding hydrogens is 496 g/mol. The number of fused-ring (bicyclic) bond motifs is 1. The third-order valence-electron chi connectivity index (χ3n) is 7.03. The van der Waals surface area contributed by atoms with Crippen LogP contribution in [-0.4, -0.2) is 62.0 Å². The van der Waals surface area contributed by atoms with Gasteiger partial charge in [0.25, 0.3) is 17.8 Å². The van der Waals surface area contributed by atoms with E-state index in [1.807, 2.05) is 53.4 Å². The van der Waals surface area contributed by atoms with Crippen LogP contribution in [0, 0.1) is 0 Å². The number of benzene rings is 3. The van der Waals surface area contributed by atoms with Crippen LogP contribution in [-0.2, 0) is 4.74 Å². The van der Waals surface area contributed by atoms with Crippen molar-refractivity contribution in [2.75, 3.05) is 44.5 Å². The molecule has 1 N–H and O–H groups in total. The minimum absolute atomic E-state index is 0.00953. The van der Waals surface area contributed by atoms with E-state index in [0.29, 0.717) is 41.8 Å². The highest BCUT2D eigenvalue weighted by molar-refractivity contribution is 6.02. The van der Waals surface area contributed by atoms with Gasteiger partial charge in [0, 0.05) is 38.4 Å². The number of nitrogens with one attached hydrogen (secondary N) is 1. The third-order valence-corrected chi connectivity index (χ3v) is 7.03. The highest BCUT2D eigenvalue weighted by Crippen LogP contribution is 2.30. The second-order valence-electron chi connectivity index (χ2n) is 9.81. The van der Waals surface area contributed by atoms with Crippen LogP contribution in [0.4, 0.5) is 11.7 Å². The molecule has 0 atom stereocenters. The lowest BCUT2D eigenvalue weighted by Gasteiger charge is -2.32. The molecular formula is C30H30N4O5. The highest BCUT2D eigenvalue weighted by atomic mass is 16.5. The minimum Gasteiger partial charge on any atom is -0.465 e. The summed E-state index contributed by atoms with van der Waals surface area (Å²) in [7, 11) is 4.94. The number of hydrogen-bond donors (Lipinski definition) is 1. The summed E-state index contributed by atoms with van der Waals surface area (Å²) in [5.74, 6) is -0.242. The molecule has 5 rings (SSSR count). The van der Waals surface area contributed by atoms with Crippen LogP contribution < -0.4 is 10.2 Å². The first-order chi connectivity index (χ1) is 18.8. The van der Waals surface area contributed by atoms with E-state index in [9.17, 15) is 14.4 Å². The van der Waals surface area contributed by atoms with Gasteiger partial charge in [-0.2, -0.15) is 0 Å². The average Bonchev–Trinajstić information content (AvgIpc) is 3.48. The predicted octanol–water partition coefficient (Wildman–Crippen LogP) is 4.95. The fourth-order valence-electron chi connectivity index (χ4n) is 4.83. The Morgan fingerprint density at radius 1 is 0.949 bits per heavy atom. The van der Waals surface area contributed by atoms with Gasteiger partial charge < -0.3 is 24.3 Å². The number of piperidine rings is 1. The molecule has 9 heteroatoms. The van der Waals surface area contributed by atoms with Gasteiger partial charge >= 0.3 is 5.97 Å². The van der Waals surface area contributed by atoms with Gasteiger partial charge in [-0.3, -0.25) is 9.59 Å². The monoisotopic (exact) mass is 526 g/mol. The van der Waals surface area contributed by atoms with Crippen molar-refractivity contribution in [3.63, 3.8) is 0 Å². The molecule has 0 bridgehead atoms. The van der Waals surface area contributed by atoms with E-state index in [-0.39, 0.29) is 23.5 Å². The van der Waals surface area contributed by atoms with Crippen molar-refractivity contribution >= 4 is 40.3 Å². The Hall–Kier alpha value is -4.66. The molecule has 0 spiro atoms. The van der Waals surface area contributed by atoms with Crippen LogP contribution in [0.1, 0.15) is 55.6 Å². The number of carbonyl (C=O) groups excluding carboxylic acids is 3. The predicted molar refractivity (Wildman–Crippen MR) is 148 cm³/mol. The van der Waals surface area contributed by atoms with E-state index in [0.717, 1.165) is 23.6 Å². The van der Waals surface area contributed by atoms with Crippen molar-refractivity contribution in [3.05, 3.63) is 89.3 Å². The molecule has 39 heavy (non-hydrogen) atoms. The molecule has 4 aromatic rings. The summed E-state index contributed by atoms with van der Waals surface area (Å²) in [6.07, 6.45) is 3.13. The number of oxazole rings is 1. The molecule has 0 radical (unpaired) electrons. The Kier molecular flexibility index (Phi) is 7.31. The first-order valence-corrected chi connectivity index (χ1v) is 12.8. The van der Waals surface area contributed by atoms with Gasteiger partial charge in [0.15, 0.2) is 0 Å². The van der Waals surface area contributed by atoms with Crippen LogP contribution in [0.25, 0.3) is 10.8 Å². The number of likely N-dealkylation sites (tertiary alicyclic amines) is 1. The second-order valence-corrected chi connectivity index (χ2v) is 9.81. The number of rotatable bonds is 6. The zero-order chi connectivity index (χ0) is 27.5. The molecule has 2 amide bonds. The first-order valence-electron chi connectivity index (χ1n) is 12.8. The normalized spacial score (nSPS) is 13.8. The van der Waals surface area contributed by atoms with Gasteiger partial charge in [-0.05, 0) is 71.5 Å². The van der Waals surface area contributed by atoms with Gasteiger partial charge in [0.2, 0.25) is 5.76 Å². The third kappa shape index (κ3) is 5.62. The number of hydrogen-bond acceptors (Lipinski definition) is 7. The zero-order valence-corrected chi connectivity index (χ0v) is 22.1. The first kappa shape index (κ1) is 26.0. The highest BCUT2D eigenvalue weighted by Gasteiger charge is 2.25. The molecule has 3 aromatic carbocycles. The summed E-state index contributed by atoms with van der Waals surface area (Å²) in [5.41, 5.74) is 2.97. The maximum Gasteiger partial charge on any atom is 0.337 e. The maximum atomic E-state index is 13.2. The largest absolute Gasteiger partial charge is 0.465 e. The summed E-state index contributed by atoms with van der Waals surface area (Å²) >= 11 is 0. The SMILES string of the molecule is COC(=O)c1ccc2cc(C(=O)N3CCC(c4ccc(NC(=O)c5cnc(N(C)C)o5)cc4)CC3)ccc2c1. The van der Waals surface area contributed by atoms with Crippen LogP contribution in [0.15, 0.2) is 71.3 Å². The molecule has 0 saturated carbocycles. The van der Waals surface area contributed by atoms with E-state index < -0.39 is 0 Å². The summed E-state index contributed by atoms with van der Waals surface area (Å²) < 4.78 is 10.2. The van der Waals surface area contributed by atoms with E-state index >= 15 is 0 Å². The number of methoxy groups -OCH3 is 1. The van der Waals surface area contributed by atoms with Crippen LogP contribution in [0.5, 0.6) is 0 Å². The molecule has 1 aliphatic heterocycles. The molecule has 200 valence electrons. The van der Waals surface area contributed by atoms with Crippen molar-refractivity contribution in [2.24, 2.45) is 0 Å². The van der Waals surface area contributed by atoms with E-state index in [1.54, 1.807) is 31.1 Å². The van der Waals surface area contributed by atoms with Crippen molar-refractivity contribution < 1.29 is 23.5 Å². The lowest BCUT2D eigenvalue weighted by molar-refractivity contribution is 0.0600. The van der Waals surface area contributed by atoms with Crippen molar-refractivity contribution in [1.29, 1.82) is 0 Å². The number of carbonyl (C=O) groups is 3. The van der Waals surface area contributed by atoms with Gasteiger partial charge in [-0.15, -0.1) is 0 Å². The molecule has 2 heterocycles. The van der Waals surface area contributed by atoms with Gasteiger partial charge in [-0.25, -0.2) is 9.78 Å². The number of aromatic nitrogens is 1. The van der Waals surface area contributed by atoms with Crippen LogP contribution >= 0.6 is 0 Å². The van der Waals surface area contributed by atoms with Crippen molar-refractivity contribution in [3.8, 4) is 0 Å². The van der Waals surface area contributed by atoms with E-state index in [1.165, 1.54) is 18.9 Å². The van der Waals surface area contributed by atoms with E-state index in [2.05, 4.69) is 10.3 Å². The zero-order valence-electron chi connectivity index (χ0n) is 22.1. The standard InChI is InChI=1S/C30H30N4O5/c1-33(2)30-31-18-26(39-30)27(35)32-25-10-8-19(9-11-25)20-12-14-34(15-13-20)28(36)23-6-4-22-17-24(29(37)38-3)7-5-21(22)16-23/h4-11,16-18,20H,12-15H2,1-3H3,(H,32,35). The smallest absolute Gasteiger partial charge is 0.337 e. The van der Waals surface area contributed by atoms with Gasteiger partial charge in [0.1, 0.15) is 0 Å². The lowest BCUT2D eigenvalue weighted by Crippen LogP contribution is -2.37. The number of esters is 1. The molecule has 1 aliphatic rings. The summed E-state index contributed by atoms with van der Waals surface area (Å²) in [6.45, 7) is 1.34. The number of amides is 2. The summed E-state index contributed by atoms with van der Waals surface area (Å²) in [5, 5.41) is 4.62. The van der Waals surface area contributed by atoms with E-state index in [4.69, 9.17) is 9.15 Å². The maximum absolute atomic E-state index is 13.2. The van der Waals surface area contributed by atoms with Crippen LogP contribution in [0.2, 0.25) is 0 Å². The lowest BCUT2D eigenvalue weighted by atomic mass is 9.89. The van der Waals surface area contributed by atoms with Gasteiger partial charge in [-0.1, -0.05) is 24.3 Å². The second kappa shape index (κ2) is 11.0. The molecule has 1 saturated heterocycles. The van der Waals surface area contributed by atoms with Crippen LogP contribution in [0.3, 0.4) is 0 Å². The molecule has 9 nitrogen and oxygen atoms in total. The Morgan fingerprint density at radius 3 is 2.21 bits per heavy atom.